The lowest BCUT2D eigenvalue weighted by atomic mass is 9.49. The summed E-state index contributed by atoms with van der Waals surface area (Å²) in [6.07, 6.45) is 5.67. The first-order valence-electron chi connectivity index (χ1n) is 16.3. The number of hydrogen-bond donors (Lipinski definition) is 1. The number of methoxy groups -OCH3 is 1. The Bertz CT molecular complexity index is 1440. The maximum Gasteiger partial charge on any atom is 0.307 e. The van der Waals surface area contributed by atoms with Crippen molar-refractivity contribution >= 4 is 11.9 Å². The second kappa shape index (κ2) is 11.9. The lowest BCUT2D eigenvalue weighted by Crippen LogP contribution is -2.56. The fourth-order valence-corrected chi connectivity index (χ4v) is 8.82. The number of esters is 1. The normalized spacial score (nSPS) is 27.8. The molecule has 1 aliphatic heterocycles. The molecule has 0 spiro atoms. The lowest BCUT2D eigenvalue weighted by Gasteiger charge is -2.56. The Labute approximate surface area is 259 Å². The van der Waals surface area contributed by atoms with Crippen LogP contribution >= 0.6 is 0 Å². The van der Waals surface area contributed by atoms with Crippen LogP contribution in [0.3, 0.4) is 0 Å². The SMILES string of the molecule is COC(=O)C[C@H](N[C@@H]1C(C)=C(C)C(=O)N1C[C@]1(C)CCC[C@]2(C)c3ccc(C(C)C)cc3CC[C@@H]12)c1ccc(C)cc1C. The van der Waals surface area contributed by atoms with Gasteiger partial charge in [-0.2, -0.15) is 0 Å². The van der Waals surface area contributed by atoms with Crippen LogP contribution in [-0.4, -0.2) is 36.6 Å². The molecule has 0 aromatic heterocycles. The molecule has 0 radical (unpaired) electrons. The van der Waals surface area contributed by atoms with Crippen molar-refractivity contribution in [3.8, 4) is 0 Å². The predicted molar refractivity (Wildman–Crippen MR) is 174 cm³/mol. The van der Waals surface area contributed by atoms with E-state index in [1.54, 1.807) is 0 Å². The molecule has 43 heavy (non-hydrogen) atoms. The van der Waals surface area contributed by atoms with Gasteiger partial charge in [0.25, 0.3) is 5.91 Å². The summed E-state index contributed by atoms with van der Waals surface area (Å²) >= 11 is 0. The minimum atomic E-state index is -0.268. The first-order chi connectivity index (χ1) is 20.3. The third-order valence-electron chi connectivity index (χ3n) is 11.4. The number of aryl methyl sites for hydroxylation is 3. The van der Waals surface area contributed by atoms with E-state index >= 15 is 0 Å². The summed E-state index contributed by atoms with van der Waals surface area (Å²) in [6, 6.07) is 13.3. The summed E-state index contributed by atoms with van der Waals surface area (Å²) in [7, 11) is 1.44. The van der Waals surface area contributed by atoms with Crippen molar-refractivity contribution in [1.82, 2.24) is 10.2 Å². The zero-order chi connectivity index (χ0) is 31.3. The molecule has 3 aliphatic rings. The largest absolute Gasteiger partial charge is 0.469 e. The fraction of sp³-hybridized carbons (Fsp3) is 0.579. The third-order valence-corrected chi connectivity index (χ3v) is 11.4. The number of carbonyl (C=O) groups excluding carboxylic acids is 2. The van der Waals surface area contributed by atoms with Crippen molar-refractivity contribution in [2.75, 3.05) is 13.7 Å². The summed E-state index contributed by atoms with van der Waals surface area (Å²) in [4.78, 5) is 28.6. The van der Waals surface area contributed by atoms with Crippen LogP contribution in [0.25, 0.3) is 0 Å². The Morgan fingerprint density at radius 3 is 2.49 bits per heavy atom. The highest BCUT2D eigenvalue weighted by Gasteiger charge is 2.53. The maximum atomic E-state index is 13.9. The summed E-state index contributed by atoms with van der Waals surface area (Å²) in [5, 5.41) is 3.79. The van der Waals surface area contributed by atoms with Gasteiger partial charge in [-0.3, -0.25) is 14.9 Å². The molecule has 1 saturated carbocycles. The molecule has 5 rings (SSSR count). The number of rotatable bonds is 8. The quantitative estimate of drug-likeness (QED) is 0.321. The van der Waals surface area contributed by atoms with Gasteiger partial charge in [0.15, 0.2) is 0 Å². The van der Waals surface area contributed by atoms with E-state index in [0.29, 0.717) is 18.4 Å². The summed E-state index contributed by atoms with van der Waals surface area (Å²) in [5.74, 6) is 0.872. The van der Waals surface area contributed by atoms with Gasteiger partial charge in [0.2, 0.25) is 0 Å². The standard InChI is InChI=1S/C38H52N2O3/c1-23(2)28-12-15-31-29(20-28)13-16-33-37(7,17-10-18-38(31,33)8)22-40-35(26(5)27(6)36(40)42)39-32(21-34(41)43-9)30-14-11-24(3)19-25(30)4/h11-12,14-15,19-20,23,32-33,35,39H,10,13,16-18,21-22H2,1-9H3/t32-,33-,35-,37-,38+/m0/s1. The Morgan fingerprint density at radius 2 is 1.81 bits per heavy atom. The number of nitrogens with zero attached hydrogens (tertiary/aromatic N) is 1. The number of amides is 1. The minimum absolute atomic E-state index is 0.0144. The molecule has 5 nitrogen and oxygen atoms in total. The van der Waals surface area contributed by atoms with Gasteiger partial charge < -0.3 is 9.64 Å². The van der Waals surface area contributed by atoms with E-state index in [4.69, 9.17) is 4.74 Å². The van der Waals surface area contributed by atoms with Crippen LogP contribution in [-0.2, 0) is 26.2 Å². The van der Waals surface area contributed by atoms with Crippen molar-refractivity contribution < 1.29 is 14.3 Å². The number of nitrogens with one attached hydrogen (secondary N) is 1. The molecule has 232 valence electrons. The molecule has 5 heteroatoms. The first-order valence-corrected chi connectivity index (χ1v) is 16.3. The average molecular weight is 585 g/mol. The van der Waals surface area contributed by atoms with Gasteiger partial charge in [0, 0.05) is 18.2 Å². The van der Waals surface area contributed by atoms with Crippen LogP contribution in [0.4, 0.5) is 0 Å². The fourth-order valence-electron chi connectivity index (χ4n) is 8.82. The van der Waals surface area contributed by atoms with Gasteiger partial charge in [0.1, 0.15) is 6.17 Å². The predicted octanol–water partition coefficient (Wildman–Crippen LogP) is 7.84. The van der Waals surface area contributed by atoms with Crippen LogP contribution in [0.2, 0.25) is 0 Å². The molecule has 0 saturated heterocycles. The first kappa shape index (κ1) is 31.5. The number of benzene rings is 2. The number of fused-ring (bicyclic) bond motifs is 3. The number of carbonyl (C=O) groups is 2. The molecule has 2 aliphatic carbocycles. The van der Waals surface area contributed by atoms with Gasteiger partial charge in [-0.15, -0.1) is 0 Å². The van der Waals surface area contributed by atoms with Crippen LogP contribution in [0.15, 0.2) is 47.5 Å². The van der Waals surface area contributed by atoms with Gasteiger partial charge in [-0.1, -0.05) is 76.1 Å². The molecule has 2 aromatic carbocycles. The maximum absolute atomic E-state index is 13.9. The average Bonchev–Trinajstić information content (AvgIpc) is 3.14. The second-order valence-electron chi connectivity index (χ2n) is 14.6. The van der Waals surface area contributed by atoms with E-state index in [0.717, 1.165) is 48.0 Å². The van der Waals surface area contributed by atoms with Crippen molar-refractivity contribution in [2.24, 2.45) is 11.3 Å². The van der Waals surface area contributed by atoms with Crippen molar-refractivity contribution in [3.63, 3.8) is 0 Å². The molecule has 2 aromatic rings. The molecule has 1 amide bonds. The zero-order valence-corrected chi connectivity index (χ0v) is 27.9. The van der Waals surface area contributed by atoms with E-state index in [1.807, 2.05) is 6.92 Å². The number of ether oxygens (including phenoxy) is 1. The molecule has 1 N–H and O–H groups in total. The van der Waals surface area contributed by atoms with E-state index in [1.165, 1.54) is 35.8 Å². The zero-order valence-electron chi connectivity index (χ0n) is 27.9. The van der Waals surface area contributed by atoms with E-state index < -0.39 is 0 Å². The Balaban J connectivity index is 1.46. The van der Waals surface area contributed by atoms with Crippen LogP contribution in [0, 0.1) is 25.2 Å². The highest BCUT2D eigenvalue weighted by Crippen LogP contribution is 2.58. The van der Waals surface area contributed by atoms with Crippen molar-refractivity contribution in [1.29, 1.82) is 0 Å². The van der Waals surface area contributed by atoms with Crippen LogP contribution in [0.5, 0.6) is 0 Å². The molecule has 1 heterocycles. The topological polar surface area (TPSA) is 58.6 Å². The van der Waals surface area contributed by atoms with Gasteiger partial charge in [-0.05, 0) is 109 Å². The van der Waals surface area contributed by atoms with E-state index in [9.17, 15) is 9.59 Å². The van der Waals surface area contributed by atoms with E-state index in [2.05, 4.69) is 95.1 Å². The third kappa shape index (κ3) is 5.70. The summed E-state index contributed by atoms with van der Waals surface area (Å²) in [5.41, 5.74) is 9.82. The summed E-state index contributed by atoms with van der Waals surface area (Å²) < 4.78 is 5.11. The number of hydrogen-bond acceptors (Lipinski definition) is 4. The second-order valence-corrected chi connectivity index (χ2v) is 14.6. The molecule has 5 atom stereocenters. The van der Waals surface area contributed by atoms with E-state index in [-0.39, 0.29) is 41.3 Å². The van der Waals surface area contributed by atoms with Crippen molar-refractivity contribution in [3.05, 3.63) is 80.9 Å². The summed E-state index contributed by atoms with van der Waals surface area (Å²) in [6.45, 7) is 18.4. The smallest absolute Gasteiger partial charge is 0.307 e. The molecule has 0 bridgehead atoms. The van der Waals surface area contributed by atoms with Gasteiger partial charge in [0.05, 0.1) is 13.5 Å². The lowest BCUT2D eigenvalue weighted by molar-refractivity contribution is -0.141. The van der Waals surface area contributed by atoms with Gasteiger partial charge in [-0.25, -0.2) is 0 Å². The molecule has 0 unspecified atom stereocenters. The molecule has 1 fully saturated rings. The van der Waals surface area contributed by atoms with Crippen LogP contribution in [0.1, 0.15) is 119 Å². The van der Waals surface area contributed by atoms with Crippen LogP contribution < -0.4 is 5.32 Å². The molecular formula is C38H52N2O3. The Kier molecular flexibility index (Phi) is 8.70. The van der Waals surface area contributed by atoms with Gasteiger partial charge >= 0.3 is 5.97 Å². The van der Waals surface area contributed by atoms with Crippen molar-refractivity contribution in [2.45, 2.75) is 117 Å². The Hall–Kier alpha value is -2.92. The monoisotopic (exact) mass is 584 g/mol. The molecular weight excluding hydrogens is 532 g/mol. The highest BCUT2D eigenvalue weighted by molar-refractivity contribution is 5.97. The Morgan fingerprint density at radius 1 is 1.07 bits per heavy atom. The minimum Gasteiger partial charge on any atom is -0.469 e. The highest BCUT2D eigenvalue weighted by atomic mass is 16.5.